The van der Waals surface area contributed by atoms with Crippen LogP contribution in [0, 0.1) is 0 Å². The Kier molecular flexibility index (Phi) is 6.59. The molecule has 126 valence electrons. The summed E-state index contributed by atoms with van der Waals surface area (Å²) >= 11 is 5.85. The lowest BCUT2D eigenvalue weighted by atomic mass is 10.1. The molecule has 0 bridgehead atoms. The largest absolute Gasteiger partial charge is 0.392 e. The molecule has 0 saturated heterocycles. The minimum atomic E-state index is -3.54. The molecule has 23 heavy (non-hydrogen) atoms. The van der Waals surface area contributed by atoms with E-state index in [0.717, 1.165) is 11.3 Å². The first-order chi connectivity index (χ1) is 10.9. The van der Waals surface area contributed by atoms with Gasteiger partial charge in [0.05, 0.1) is 23.9 Å². The van der Waals surface area contributed by atoms with Crippen LogP contribution in [-0.2, 0) is 23.0 Å². The van der Waals surface area contributed by atoms with Crippen LogP contribution in [0.15, 0.2) is 36.8 Å². The van der Waals surface area contributed by atoms with Crippen molar-refractivity contribution in [2.45, 2.75) is 31.9 Å². The Hall–Kier alpha value is -1.41. The van der Waals surface area contributed by atoms with E-state index in [9.17, 15) is 13.5 Å². The van der Waals surface area contributed by atoms with Crippen molar-refractivity contribution in [3.05, 3.63) is 53.1 Å². The van der Waals surface area contributed by atoms with Crippen molar-refractivity contribution < 1.29 is 13.5 Å². The number of H-pyrrole nitrogens is 1. The maximum atomic E-state index is 12.0. The van der Waals surface area contributed by atoms with Gasteiger partial charge in [-0.15, -0.1) is 0 Å². The van der Waals surface area contributed by atoms with Crippen molar-refractivity contribution in [1.29, 1.82) is 0 Å². The molecule has 1 heterocycles. The average Bonchev–Trinajstić information content (AvgIpc) is 2.98. The van der Waals surface area contributed by atoms with Crippen LogP contribution in [0.5, 0.6) is 0 Å². The normalized spacial score (nSPS) is 13.1. The molecule has 0 saturated carbocycles. The number of aromatic amines is 1. The van der Waals surface area contributed by atoms with Gasteiger partial charge in [0.1, 0.15) is 0 Å². The van der Waals surface area contributed by atoms with Crippen molar-refractivity contribution in [2.24, 2.45) is 0 Å². The number of hydrogen-bond acceptors (Lipinski definition) is 4. The maximum absolute atomic E-state index is 12.0. The highest BCUT2D eigenvalue weighted by Crippen LogP contribution is 2.11. The Morgan fingerprint density at radius 2 is 2.22 bits per heavy atom. The maximum Gasteiger partial charge on any atom is 0.214 e. The summed E-state index contributed by atoms with van der Waals surface area (Å²) in [5, 5.41) is 10.4. The zero-order chi connectivity index (χ0) is 16.7. The van der Waals surface area contributed by atoms with Crippen molar-refractivity contribution >= 4 is 21.6 Å². The van der Waals surface area contributed by atoms with Gasteiger partial charge in [0.25, 0.3) is 0 Å². The first-order valence-corrected chi connectivity index (χ1v) is 9.35. The zero-order valence-electron chi connectivity index (χ0n) is 12.6. The molecule has 0 aliphatic heterocycles. The van der Waals surface area contributed by atoms with Gasteiger partial charge < -0.3 is 10.1 Å². The van der Waals surface area contributed by atoms with Gasteiger partial charge in [-0.2, -0.15) is 0 Å². The third-order valence-electron chi connectivity index (χ3n) is 3.32. The van der Waals surface area contributed by atoms with E-state index in [1.54, 1.807) is 36.8 Å². The molecule has 1 aromatic heterocycles. The summed E-state index contributed by atoms with van der Waals surface area (Å²) in [4.78, 5) is 6.93. The Labute approximate surface area is 141 Å². The minimum Gasteiger partial charge on any atom is -0.392 e. The molecule has 0 amide bonds. The number of hydrogen-bond donors (Lipinski definition) is 3. The van der Waals surface area contributed by atoms with E-state index < -0.39 is 16.1 Å². The predicted molar refractivity (Wildman–Crippen MR) is 89.6 cm³/mol. The second-order valence-corrected chi connectivity index (χ2v) is 7.63. The number of sulfonamides is 1. The zero-order valence-corrected chi connectivity index (χ0v) is 14.1. The van der Waals surface area contributed by atoms with Gasteiger partial charge in [0.2, 0.25) is 10.0 Å². The van der Waals surface area contributed by atoms with Gasteiger partial charge in [-0.3, -0.25) is 0 Å². The number of aliphatic hydroxyl groups is 1. The van der Waals surface area contributed by atoms with E-state index in [4.69, 9.17) is 11.6 Å². The first kappa shape index (κ1) is 17.9. The fourth-order valence-corrected chi connectivity index (χ4v) is 3.57. The Morgan fingerprint density at radius 3 is 2.91 bits per heavy atom. The summed E-state index contributed by atoms with van der Waals surface area (Å²) in [6.07, 6.45) is 4.27. The van der Waals surface area contributed by atoms with Gasteiger partial charge in [0.15, 0.2) is 0 Å². The van der Waals surface area contributed by atoms with Crippen molar-refractivity contribution in [3.63, 3.8) is 0 Å². The number of nitrogens with zero attached hydrogens (tertiary/aromatic N) is 1. The van der Waals surface area contributed by atoms with Crippen LogP contribution in [0.2, 0.25) is 5.02 Å². The Balaban J connectivity index is 1.73. The first-order valence-electron chi connectivity index (χ1n) is 7.32. The molecule has 3 N–H and O–H groups in total. The van der Waals surface area contributed by atoms with Gasteiger partial charge in [-0.05, 0) is 37.0 Å². The summed E-state index contributed by atoms with van der Waals surface area (Å²) in [5.41, 5.74) is 1.67. The Morgan fingerprint density at radius 1 is 1.39 bits per heavy atom. The molecule has 2 aromatic rings. The molecular weight excluding hydrogens is 338 g/mol. The molecule has 6 nitrogen and oxygen atoms in total. The fourth-order valence-electron chi connectivity index (χ4n) is 2.18. The lowest BCUT2D eigenvalue weighted by molar-refractivity contribution is 0.183. The third kappa shape index (κ3) is 6.70. The number of aromatic nitrogens is 2. The quantitative estimate of drug-likeness (QED) is 0.638. The minimum absolute atomic E-state index is 0.156. The van der Waals surface area contributed by atoms with E-state index in [2.05, 4.69) is 14.7 Å². The summed E-state index contributed by atoms with van der Waals surface area (Å²) in [7, 11) is -3.54. The van der Waals surface area contributed by atoms with E-state index >= 15 is 0 Å². The van der Waals surface area contributed by atoms with Crippen molar-refractivity contribution in [3.8, 4) is 0 Å². The molecule has 0 fully saturated rings. The number of nitrogens with one attached hydrogen (secondary N) is 2. The Bertz CT molecular complexity index is 705. The molecule has 0 aliphatic carbocycles. The van der Waals surface area contributed by atoms with Crippen molar-refractivity contribution in [2.75, 3.05) is 5.75 Å². The highest BCUT2D eigenvalue weighted by atomic mass is 35.5. The molecule has 8 heteroatoms. The van der Waals surface area contributed by atoms with Crippen LogP contribution in [-0.4, -0.2) is 35.3 Å². The van der Waals surface area contributed by atoms with E-state index in [-0.39, 0.29) is 12.3 Å². The van der Waals surface area contributed by atoms with Crippen LogP contribution in [0.1, 0.15) is 24.1 Å². The second kappa shape index (κ2) is 8.44. The standard InChI is InChI=1S/C15H20ClN3O3S/c16-13-4-1-3-12(7-13)8-19-23(21,22)10-15(20)6-2-5-14-9-17-11-18-14/h1,3-4,7,9,11,15,19-20H,2,5-6,8,10H2,(H,17,18). The molecule has 2 rings (SSSR count). The van der Waals surface area contributed by atoms with Gasteiger partial charge in [0, 0.05) is 17.8 Å². The highest BCUT2D eigenvalue weighted by molar-refractivity contribution is 7.89. The summed E-state index contributed by atoms with van der Waals surface area (Å²) in [6.45, 7) is 0.156. The number of halogens is 1. The van der Waals surface area contributed by atoms with Crippen LogP contribution in [0.25, 0.3) is 0 Å². The van der Waals surface area contributed by atoms with Crippen LogP contribution >= 0.6 is 11.6 Å². The molecule has 0 radical (unpaired) electrons. The number of aryl methyl sites for hydroxylation is 1. The van der Waals surface area contributed by atoms with Crippen LogP contribution in [0.3, 0.4) is 0 Å². The molecule has 0 spiro atoms. The van der Waals surface area contributed by atoms with Crippen LogP contribution < -0.4 is 4.72 Å². The monoisotopic (exact) mass is 357 g/mol. The smallest absolute Gasteiger partial charge is 0.214 e. The average molecular weight is 358 g/mol. The summed E-state index contributed by atoms with van der Waals surface area (Å²) in [5.74, 6) is -0.311. The SMILES string of the molecule is O=S(=O)(CC(O)CCCc1c[nH]cn1)NCc1cccc(Cl)c1. The topological polar surface area (TPSA) is 95.1 Å². The number of aliphatic hydroxyl groups excluding tert-OH is 1. The molecular formula is C15H20ClN3O3S. The van der Waals surface area contributed by atoms with E-state index in [1.165, 1.54) is 0 Å². The van der Waals surface area contributed by atoms with Crippen molar-refractivity contribution in [1.82, 2.24) is 14.7 Å². The summed E-state index contributed by atoms with van der Waals surface area (Å²) in [6, 6.07) is 6.97. The second-order valence-electron chi connectivity index (χ2n) is 5.34. The lowest BCUT2D eigenvalue weighted by Gasteiger charge is -2.12. The molecule has 1 atom stereocenters. The van der Waals surface area contributed by atoms with E-state index in [0.29, 0.717) is 24.3 Å². The number of rotatable bonds is 9. The van der Waals surface area contributed by atoms with Gasteiger partial charge in [-0.25, -0.2) is 18.1 Å². The van der Waals surface area contributed by atoms with E-state index in [1.807, 2.05) is 0 Å². The van der Waals surface area contributed by atoms with Crippen LogP contribution in [0.4, 0.5) is 0 Å². The molecule has 1 aromatic carbocycles. The van der Waals surface area contributed by atoms with Gasteiger partial charge >= 0.3 is 0 Å². The third-order valence-corrected chi connectivity index (χ3v) is 4.97. The lowest BCUT2D eigenvalue weighted by Crippen LogP contribution is -2.31. The number of benzene rings is 1. The van der Waals surface area contributed by atoms with Gasteiger partial charge in [-0.1, -0.05) is 23.7 Å². The molecule has 0 aliphatic rings. The summed E-state index contributed by atoms with van der Waals surface area (Å²) < 4.78 is 26.4. The number of imidazole rings is 1. The fraction of sp³-hybridized carbons (Fsp3) is 0.400. The predicted octanol–water partition coefficient (Wildman–Crippen LogP) is 1.87. The molecule has 1 unspecified atom stereocenters. The highest BCUT2D eigenvalue weighted by Gasteiger charge is 2.16.